The molecule has 0 rings (SSSR count). The van der Waals surface area contributed by atoms with Gasteiger partial charge in [-0.15, -0.1) is 0 Å². The number of rotatable bonds is 7. The molecule has 94 valence electrons. The fourth-order valence-electron chi connectivity index (χ4n) is 1.45. The van der Waals surface area contributed by atoms with Crippen molar-refractivity contribution >= 4 is 11.9 Å². The Balaban J connectivity index is 4.08. The smallest absolute Gasteiger partial charge is 0.307 e. The Bertz CT molecular complexity index is 236. The minimum atomic E-state index is -0.881. The van der Waals surface area contributed by atoms with E-state index in [-0.39, 0.29) is 12.3 Å². The third-order valence-electron chi connectivity index (χ3n) is 2.24. The number of carboxylic acid groups (broad SMARTS) is 1. The van der Waals surface area contributed by atoms with Crippen LogP contribution in [0, 0.1) is 17.8 Å². The summed E-state index contributed by atoms with van der Waals surface area (Å²) in [6.07, 6.45) is 0.630. The molecule has 0 aromatic carbocycles. The molecule has 0 radical (unpaired) electrons. The van der Waals surface area contributed by atoms with Crippen LogP contribution in [0.1, 0.15) is 40.5 Å². The van der Waals surface area contributed by atoms with Gasteiger partial charge in [-0.05, 0) is 18.3 Å². The Kier molecular flexibility index (Phi) is 6.77. The zero-order chi connectivity index (χ0) is 12.7. The molecule has 1 unspecified atom stereocenters. The number of carbonyl (C=O) groups excluding carboxylic acids is 1. The summed E-state index contributed by atoms with van der Waals surface area (Å²) in [6.45, 7) is 8.53. The van der Waals surface area contributed by atoms with Gasteiger partial charge >= 0.3 is 5.97 Å². The van der Waals surface area contributed by atoms with E-state index in [4.69, 9.17) is 5.11 Å². The van der Waals surface area contributed by atoms with Crippen molar-refractivity contribution in [1.82, 2.24) is 5.32 Å². The Morgan fingerprint density at radius 3 is 2.06 bits per heavy atom. The Morgan fingerprint density at radius 1 is 1.12 bits per heavy atom. The van der Waals surface area contributed by atoms with Crippen molar-refractivity contribution in [2.75, 3.05) is 6.54 Å². The lowest BCUT2D eigenvalue weighted by molar-refractivity contribution is -0.144. The van der Waals surface area contributed by atoms with Gasteiger partial charge in [-0.1, -0.05) is 27.7 Å². The van der Waals surface area contributed by atoms with Gasteiger partial charge in [0.25, 0.3) is 0 Å². The summed E-state index contributed by atoms with van der Waals surface area (Å²) in [6, 6.07) is 0. The van der Waals surface area contributed by atoms with Crippen LogP contribution in [0.25, 0.3) is 0 Å². The first-order chi connectivity index (χ1) is 7.32. The maximum atomic E-state index is 11.5. The normalized spacial score (nSPS) is 12.9. The van der Waals surface area contributed by atoms with Crippen LogP contribution in [0.15, 0.2) is 0 Å². The molecule has 0 saturated carbocycles. The summed E-state index contributed by atoms with van der Waals surface area (Å²) in [7, 11) is 0. The number of carbonyl (C=O) groups is 2. The van der Waals surface area contributed by atoms with Crippen LogP contribution in [0.2, 0.25) is 0 Å². The SMILES string of the molecule is CC(C)CNC(=O)CC(CC(C)C)C(=O)O. The van der Waals surface area contributed by atoms with Gasteiger partial charge in [-0.2, -0.15) is 0 Å². The van der Waals surface area contributed by atoms with Crippen LogP contribution >= 0.6 is 0 Å². The van der Waals surface area contributed by atoms with E-state index in [0.717, 1.165) is 0 Å². The highest BCUT2D eigenvalue weighted by Gasteiger charge is 2.22. The Morgan fingerprint density at radius 2 is 1.69 bits per heavy atom. The van der Waals surface area contributed by atoms with Crippen molar-refractivity contribution in [3.8, 4) is 0 Å². The molecule has 0 saturated heterocycles. The predicted molar refractivity (Wildman–Crippen MR) is 63.0 cm³/mol. The maximum absolute atomic E-state index is 11.5. The van der Waals surface area contributed by atoms with Crippen LogP contribution in [-0.4, -0.2) is 23.5 Å². The largest absolute Gasteiger partial charge is 0.481 e. The van der Waals surface area contributed by atoms with Crippen LogP contribution in [0.4, 0.5) is 0 Å². The number of aliphatic carboxylic acids is 1. The minimum absolute atomic E-state index is 0.0836. The van der Waals surface area contributed by atoms with E-state index < -0.39 is 11.9 Å². The fraction of sp³-hybridized carbons (Fsp3) is 0.833. The van der Waals surface area contributed by atoms with Gasteiger partial charge in [0.15, 0.2) is 0 Å². The minimum Gasteiger partial charge on any atom is -0.481 e. The number of amides is 1. The monoisotopic (exact) mass is 229 g/mol. The molecule has 1 amide bonds. The molecule has 0 aromatic heterocycles. The second-order valence-electron chi connectivity index (χ2n) is 5.07. The van der Waals surface area contributed by atoms with E-state index >= 15 is 0 Å². The van der Waals surface area contributed by atoms with Gasteiger partial charge in [-0.25, -0.2) is 0 Å². The molecule has 2 N–H and O–H groups in total. The van der Waals surface area contributed by atoms with E-state index in [1.165, 1.54) is 0 Å². The molecular weight excluding hydrogens is 206 g/mol. The molecule has 0 bridgehead atoms. The molecule has 0 spiro atoms. The van der Waals surface area contributed by atoms with Crippen molar-refractivity contribution in [2.24, 2.45) is 17.8 Å². The van der Waals surface area contributed by atoms with Crippen LogP contribution in [0.3, 0.4) is 0 Å². The molecule has 0 aliphatic rings. The van der Waals surface area contributed by atoms with Crippen molar-refractivity contribution in [1.29, 1.82) is 0 Å². The molecular formula is C12H23NO3. The second kappa shape index (κ2) is 7.25. The van der Waals surface area contributed by atoms with Gasteiger partial charge < -0.3 is 10.4 Å². The van der Waals surface area contributed by atoms with Crippen LogP contribution in [-0.2, 0) is 9.59 Å². The summed E-state index contributed by atoms with van der Waals surface area (Å²) < 4.78 is 0. The number of hydrogen-bond acceptors (Lipinski definition) is 2. The predicted octanol–water partition coefficient (Wildman–Crippen LogP) is 1.90. The molecule has 16 heavy (non-hydrogen) atoms. The molecule has 4 nitrogen and oxygen atoms in total. The average molecular weight is 229 g/mol. The highest BCUT2D eigenvalue weighted by Crippen LogP contribution is 2.15. The van der Waals surface area contributed by atoms with E-state index in [2.05, 4.69) is 5.32 Å². The maximum Gasteiger partial charge on any atom is 0.307 e. The third kappa shape index (κ3) is 7.26. The van der Waals surface area contributed by atoms with Gasteiger partial charge in [0.05, 0.1) is 5.92 Å². The summed E-state index contributed by atoms with van der Waals surface area (Å²) in [4.78, 5) is 22.4. The van der Waals surface area contributed by atoms with Gasteiger partial charge in [0, 0.05) is 13.0 Å². The average Bonchev–Trinajstić information content (AvgIpc) is 2.12. The van der Waals surface area contributed by atoms with E-state index in [9.17, 15) is 9.59 Å². The van der Waals surface area contributed by atoms with Crippen LogP contribution < -0.4 is 5.32 Å². The number of hydrogen-bond donors (Lipinski definition) is 2. The molecule has 0 aromatic rings. The molecule has 0 aliphatic carbocycles. The van der Waals surface area contributed by atoms with Crippen LogP contribution in [0.5, 0.6) is 0 Å². The lowest BCUT2D eigenvalue weighted by Gasteiger charge is -2.15. The topological polar surface area (TPSA) is 66.4 Å². The Labute approximate surface area is 97.4 Å². The van der Waals surface area contributed by atoms with E-state index in [1.54, 1.807) is 0 Å². The second-order valence-corrected chi connectivity index (χ2v) is 5.07. The molecule has 1 atom stereocenters. The van der Waals surface area contributed by atoms with E-state index in [0.29, 0.717) is 24.8 Å². The van der Waals surface area contributed by atoms with Crippen molar-refractivity contribution in [3.05, 3.63) is 0 Å². The molecule has 0 fully saturated rings. The summed E-state index contributed by atoms with van der Waals surface area (Å²) in [5, 5.41) is 11.7. The highest BCUT2D eigenvalue weighted by molar-refractivity contribution is 5.82. The molecule has 0 aliphatic heterocycles. The van der Waals surface area contributed by atoms with Crippen molar-refractivity contribution in [2.45, 2.75) is 40.5 Å². The first-order valence-corrected chi connectivity index (χ1v) is 5.82. The summed E-state index contributed by atoms with van der Waals surface area (Å²) in [5.41, 5.74) is 0. The zero-order valence-electron chi connectivity index (χ0n) is 10.6. The zero-order valence-corrected chi connectivity index (χ0v) is 10.6. The van der Waals surface area contributed by atoms with Gasteiger partial charge in [-0.3, -0.25) is 9.59 Å². The quantitative estimate of drug-likeness (QED) is 0.700. The van der Waals surface area contributed by atoms with Gasteiger partial charge in [0.1, 0.15) is 0 Å². The lowest BCUT2D eigenvalue weighted by atomic mass is 9.94. The summed E-state index contributed by atoms with van der Waals surface area (Å²) >= 11 is 0. The van der Waals surface area contributed by atoms with Crippen molar-refractivity contribution in [3.63, 3.8) is 0 Å². The third-order valence-corrected chi connectivity index (χ3v) is 2.24. The fourth-order valence-corrected chi connectivity index (χ4v) is 1.45. The Hall–Kier alpha value is -1.06. The van der Waals surface area contributed by atoms with E-state index in [1.807, 2.05) is 27.7 Å². The van der Waals surface area contributed by atoms with Gasteiger partial charge in [0.2, 0.25) is 5.91 Å². The summed E-state index contributed by atoms with van der Waals surface area (Å²) in [5.74, 6) is -0.932. The standard InChI is InChI=1S/C12H23NO3/c1-8(2)5-10(12(15)16)6-11(14)13-7-9(3)4/h8-10H,5-7H2,1-4H3,(H,13,14)(H,15,16). The lowest BCUT2D eigenvalue weighted by Crippen LogP contribution is -2.31. The molecule has 4 heteroatoms. The van der Waals surface area contributed by atoms with Crippen molar-refractivity contribution < 1.29 is 14.7 Å². The first kappa shape index (κ1) is 14.9. The number of nitrogens with one attached hydrogen (secondary N) is 1. The molecule has 0 heterocycles. The highest BCUT2D eigenvalue weighted by atomic mass is 16.4. The first-order valence-electron chi connectivity index (χ1n) is 5.82. The number of carboxylic acids is 1.